The number of terminal acetylenes is 1. The lowest BCUT2D eigenvalue weighted by molar-refractivity contribution is -0.130. The van der Waals surface area contributed by atoms with Gasteiger partial charge >= 0.3 is 0 Å². The van der Waals surface area contributed by atoms with Gasteiger partial charge in [-0.2, -0.15) is 15.0 Å². The molecule has 46 heavy (non-hydrogen) atoms. The fraction of sp³-hybridized carbons (Fsp3) is 0.500. The molecule has 3 heterocycles. The summed E-state index contributed by atoms with van der Waals surface area (Å²) in [5.74, 6) is 3.63. The second-order valence-electron chi connectivity index (χ2n) is 12.3. The second kappa shape index (κ2) is 15.6. The number of amides is 1. The van der Waals surface area contributed by atoms with E-state index in [4.69, 9.17) is 25.4 Å². The molecule has 0 spiro atoms. The summed E-state index contributed by atoms with van der Waals surface area (Å²) in [5.41, 5.74) is 0.424. The largest absolute Gasteiger partial charge is 0.474 e. The van der Waals surface area contributed by atoms with Crippen LogP contribution in [0.3, 0.4) is 0 Å². The highest BCUT2D eigenvalue weighted by atomic mass is 31.0. The first-order chi connectivity index (χ1) is 22.0. The molecule has 4 rings (SSSR count). The SMILES string of the molecule is C#CC[C@@H]1C[C@@H](Oc2cc(O[C@@H](C)[C@@H](C)C[C@H](F)CNC)nc(-c3noc(C(C)(C)c4ccccc4P)n3)n2)CCN1C(=O)C=C. The number of hydrogen-bond acceptors (Lipinski definition) is 9. The second-order valence-corrected chi connectivity index (χ2v) is 12.9. The summed E-state index contributed by atoms with van der Waals surface area (Å²) in [7, 11) is 4.47. The molecule has 1 amide bonds. The van der Waals surface area contributed by atoms with Crippen molar-refractivity contribution in [1.29, 1.82) is 0 Å². The maximum absolute atomic E-state index is 14.4. The van der Waals surface area contributed by atoms with E-state index in [0.29, 0.717) is 38.1 Å². The van der Waals surface area contributed by atoms with Crippen molar-refractivity contribution in [2.24, 2.45) is 5.92 Å². The molecule has 1 unspecified atom stereocenters. The van der Waals surface area contributed by atoms with Crippen molar-refractivity contribution in [3.8, 4) is 35.8 Å². The number of likely N-dealkylation sites (tertiary alicyclic amines) is 1. The number of carbonyl (C=O) groups is 1. The van der Waals surface area contributed by atoms with Crippen molar-refractivity contribution in [1.82, 2.24) is 30.3 Å². The lowest BCUT2D eigenvalue weighted by Crippen LogP contribution is -2.48. The normalized spacial score (nSPS) is 18.7. The van der Waals surface area contributed by atoms with Crippen LogP contribution in [0.25, 0.3) is 11.6 Å². The van der Waals surface area contributed by atoms with Crippen molar-refractivity contribution in [2.45, 2.75) is 83.2 Å². The number of carbonyl (C=O) groups excluding carboxylic acids is 1. The topological polar surface area (TPSA) is 116 Å². The average molecular weight is 651 g/mol. The molecule has 1 saturated heterocycles. The molecule has 1 N–H and O–H groups in total. The molecule has 2 aromatic heterocycles. The third-order valence-electron chi connectivity index (χ3n) is 8.40. The van der Waals surface area contributed by atoms with Crippen LogP contribution in [0.1, 0.15) is 64.8 Å². The Hall–Kier alpha value is -3.87. The van der Waals surface area contributed by atoms with Crippen LogP contribution in [0.15, 0.2) is 47.5 Å². The van der Waals surface area contributed by atoms with E-state index in [0.717, 1.165) is 10.9 Å². The van der Waals surface area contributed by atoms with Gasteiger partial charge in [-0.05, 0) is 57.1 Å². The van der Waals surface area contributed by atoms with E-state index < -0.39 is 11.6 Å². The standard InChI is InChI=1S/C34H44FN6O4P/c1-8-12-24-18-25(15-16-41(24)30(42)9-2)44-29-19-28(43-22(4)21(3)17-23(35)20-36-7)37-31(38-29)32-39-33(45-40-32)34(5,6)26-13-10-11-14-27(26)46/h1,9-11,13-14,19,21-25,36H,2,12,15-18,20,46H2,3-7H3/t21-,22-,23-,24+,25-/m0/s1. The minimum absolute atomic E-state index is 0.105. The number of benzene rings is 1. The third kappa shape index (κ3) is 8.48. The van der Waals surface area contributed by atoms with Crippen molar-refractivity contribution in [3.05, 3.63) is 54.4 Å². The molecule has 12 heteroatoms. The zero-order valence-corrected chi connectivity index (χ0v) is 28.4. The molecule has 246 valence electrons. The summed E-state index contributed by atoms with van der Waals surface area (Å²) in [6.07, 6.45) is 7.08. The van der Waals surface area contributed by atoms with Gasteiger partial charge in [0.1, 0.15) is 18.4 Å². The van der Waals surface area contributed by atoms with Gasteiger partial charge in [-0.3, -0.25) is 4.79 Å². The molecule has 6 atom stereocenters. The molecule has 1 aliphatic heterocycles. The minimum atomic E-state index is -1.01. The molecule has 1 fully saturated rings. The predicted molar refractivity (Wildman–Crippen MR) is 179 cm³/mol. The first-order valence-electron chi connectivity index (χ1n) is 15.5. The van der Waals surface area contributed by atoms with E-state index in [-0.39, 0.29) is 60.0 Å². The number of nitrogens with zero attached hydrogens (tertiary/aromatic N) is 5. The van der Waals surface area contributed by atoms with Crippen LogP contribution < -0.4 is 20.1 Å². The number of piperidine rings is 1. The molecule has 10 nitrogen and oxygen atoms in total. The van der Waals surface area contributed by atoms with Crippen LogP contribution in [0, 0.1) is 18.3 Å². The van der Waals surface area contributed by atoms with E-state index in [1.54, 1.807) is 18.0 Å². The molecule has 3 aromatic rings. The Morgan fingerprint density at radius 3 is 2.72 bits per heavy atom. The summed E-state index contributed by atoms with van der Waals surface area (Å²) >= 11 is 0. The maximum Gasteiger partial charge on any atom is 0.246 e. The highest BCUT2D eigenvalue weighted by Crippen LogP contribution is 2.33. The summed E-state index contributed by atoms with van der Waals surface area (Å²) < 4.78 is 32.7. The number of alkyl halides is 1. The van der Waals surface area contributed by atoms with Gasteiger partial charge in [0.2, 0.25) is 35.2 Å². The summed E-state index contributed by atoms with van der Waals surface area (Å²) in [6, 6.07) is 9.37. The number of halogens is 1. The number of aromatic nitrogens is 4. The monoisotopic (exact) mass is 650 g/mol. The van der Waals surface area contributed by atoms with E-state index >= 15 is 0 Å². The highest BCUT2D eigenvalue weighted by Gasteiger charge is 2.34. The summed E-state index contributed by atoms with van der Waals surface area (Å²) in [4.78, 5) is 28.1. The van der Waals surface area contributed by atoms with Gasteiger partial charge < -0.3 is 24.2 Å². The smallest absolute Gasteiger partial charge is 0.246 e. The molecular formula is C34H44FN6O4P. The predicted octanol–water partition coefficient (Wildman–Crippen LogP) is 4.65. The van der Waals surface area contributed by atoms with Crippen LogP contribution in [0.2, 0.25) is 0 Å². The van der Waals surface area contributed by atoms with Gasteiger partial charge in [-0.15, -0.1) is 21.6 Å². The van der Waals surface area contributed by atoms with Gasteiger partial charge in [0, 0.05) is 38.4 Å². The lowest BCUT2D eigenvalue weighted by atomic mass is 9.84. The van der Waals surface area contributed by atoms with Gasteiger partial charge in [0.25, 0.3) is 0 Å². The Balaban J connectivity index is 1.64. The van der Waals surface area contributed by atoms with Crippen molar-refractivity contribution >= 4 is 20.5 Å². The molecule has 0 aliphatic carbocycles. The Kier molecular flexibility index (Phi) is 11.9. The van der Waals surface area contributed by atoms with Crippen molar-refractivity contribution < 1.29 is 23.2 Å². The molecular weight excluding hydrogens is 606 g/mol. The first kappa shape index (κ1) is 35.0. The zero-order chi connectivity index (χ0) is 33.4. The number of rotatable bonds is 14. The summed E-state index contributed by atoms with van der Waals surface area (Å²) in [5, 5.41) is 8.11. The molecule has 0 saturated carbocycles. The van der Waals surface area contributed by atoms with Gasteiger partial charge in [0.05, 0.1) is 11.5 Å². The minimum Gasteiger partial charge on any atom is -0.474 e. The van der Waals surface area contributed by atoms with Crippen molar-refractivity contribution in [2.75, 3.05) is 20.1 Å². The Morgan fingerprint density at radius 1 is 1.28 bits per heavy atom. The van der Waals surface area contributed by atoms with Crippen molar-refractivity contribution in [3.63, 3.8) is 0 Å². The van der Waals surface area contributed by atoms with Crippen LogP contribution >= 0.6 is 9.24 Å². The Labute approximate surface area is 273 Å². The average Bonchev–Trinajstić information content (AvgIpc) is 3.53. The first-order valence-corrected chi connectivity index (χ1v) is 16.1. The summed E-state index contributed by atoms with van der Waals surface area (Å²) in [6.45, 7) is 12.2. The lowest BCUT2D eigenvalue weighted by Gasteiger charge is -2.38. The third-order valence-corrected chi connectivity index (χ3v) is 8.90. The van der Waals surface area contributed by atoms with Crippen LogP contribution in [-0.2, 0) is 10.2 Å². The highest BCUT2D eigenvalue weighted by molar-refractivity contribution is 7.27. The number of ether oxygens (including phenoxy) is 2. The zero-order valence-electron chi connectivity index (χ0n) is 27.2. The molecule has 1 aromatic carbocycles. The maximum atomic E-state index is 14.4. The van der Waals surface area contributed by atoms with Gasteiger partial charge in [-0.1, -0.05) is 42.9 Å². The van der Waals surface area contributed by atoms with E-state index in [9.17, 15) is 9.18 Å². The molecule has 1 aliphatic rings. The van der Waals surface area contributed by atoms with Crippen LogP contribution in [0.4, 0.5) is 4.39 Å². The Bertz CT molecular complexity index is 1540. The van der Waals surface area contributed by atoms with E-state index in [1.165, 1.54) is 6.08 Å². The van der Waals surface area contributed by atoms with Gasteiger partial charge in [0.15, 0.2) is 0 Å². The Morgan fingerprint density at radius 2 is 2.02 bits per heavy atom. The quantitative estimate of drug-likeness (QED) is 0.151. The fourth-order valence-electron chi connectivity index (χ4n) is 5.61. The van der Waals surface area contributed by atoms with Crippen LogP contribution in [0.5, 0.6) is 11.8 Å². The van der Waals surface area contributed by atoms with E-state index in [1.807, 2.05) is 52.0 Å². The van der Waals surface area contributed by atoms with E-state index in [2.05, 4.69) is 42.2 Å². The number of hydrogen-bond donors (Lipinski definition) is 1. The molecule has 0 radical (unpaired) electrons. The fourth-order valence-corrected chi connectivity index (χ4v) is 6.18. The van der Waals surface area contributed by atoms with Crippen LogP contribution in [-0.4, -0.2) is 75.5 Å². The molecule has 0 bridgehead atoms. The van der Waals surface area contributed by atoms with Gasteiger partial charge in [-0.25, -0.2) is 4.39 Å². The number of nitrogens with one attached hydrogen (secondary N) is 1.